The van der Waals surface area contributed by atoms with Crippen LogP contribution in [0.5, 0.6) is 0 Å². The lowest BCUT2D eigenvalue weighted by Crippen LogP contribution is -2.35. The van der Waals surface area contributed by atoms with Gasteiger partial charge in [-0.2, -0.15) is 0 Å². The van der Waals surface area contributed by atoms with Crippen molar-refractivity contribution in [1.82, 2.24) is 4.98 Å². The molecular formula is C9H13FN2. The van der Waals surface area contributed by atoms with E-state index < -0.39 is 5.54 Å². The van der Waals surface area contributed by atoms with Gasteiger partial charge in [-0.1, -0.05) is 0 Å². The maximum atomic E-state index is 13.0. The summed E-state index contributed by atoms with van der Waals surface area (Å²) in [5, 5.41) is 0. The van der Waals surface area contributed by atoms with Crippen LogP contribution >= 0.6 is 0 Å². The predicted octanol–water partition coefficient (Wildman–Crippen LogP) is 1.50. The van der Waals surface area contributed by atoms with E-state index in [1.807, 2.05) is 13.8 Å². The minimum absolute atomic E-state index is 0.281. The molecule has 2 N–H and O–H groups in total. The van der Waals surface area contributed by atoms with E-state index >= 15 is 0 Å². The highest BCUT2D eigenvalue weighted by molar-refractivity contribution is 5.09. The van der Waals surface area contributed by atoms with E-state index in [0.717, 1.165) is 0 Å². The molecule has 0 atom stereocenters. The molecule has 0 spiro atoms. The molecule has 0 amide bonds. The fraction of sp³-hybridized carbons (Fsp3) is 0.444. The molecule has 0 radical (unpaired) electrons. The van der Waals surface area contributed by atoms with Gasteiger partial charge in [0, 0.05) is 18.2 Å². The summed E-state index contributed by atoms with van der Waals surface area (Å²) in [5.74, 6) is -0.281. The molecule has 0 bridgehead atoms. The highest BCUT2D eigenvalue weighted by Crippen LogP contribution is 2.10. The Hall–Kier alpha value is -0.960. The molecule has 0 unspecified atom stereocenters. The normalized spacial score (nSPS) is 11.7. The van der Waals surface area contributed by atoms with Gasteiger partial charge in [0.1, 0.15) is 5.82 Å². The second kappa shape index (κ2) is 3.19. The fourth-order valence-electron chi connectivity index (χ4n) is 0.980. The van der Waals surface area contributed by atoms with E-state index in [4.69, 9.17) is 5.73 Å². The van der Waals surface area contributed by atoms with Crippen LogP contribution in [0.1, 0.15) is 19.5 Å². The van der Waals surface area contributed by atoms with Crippen molar-refractivity contribution in [3.05, 3.63) is 29.8 Å². The van der Waals surface area contributed by atoms with Crippen LogP contribution in [-0.2, 0) is 6.42 Å². The molecule has 1 aromatic rings. The van der Waals surface area contributed by atoms with Crippen molar-refractivity contribution in [2.24, 2.45) is 5.73 Å². The molecule has 1 aromatic heterocycles. The number of rotatable bonds is 2. The van der Waals surface area contributed by atoms with Crippen LogP contribution in [0.15, 0.2) is 18.3 Å². The van der Waals surface area contributed by atoms with E-state index in [1.54, 1.807) is 12.3 Å². The van der Waals surface area contributed by atoms with Crippen LogP contribution < -0.4 is 5.73 Å². The molecule has 3 heteroatoms. The summed E-state index contributed by atoms with van der Waals surface area (Å²) < 4.78 is 13.0. The van der Waals surface area contributed by atoms with E-state index in [1.165, 1.54) is 6.07 Å². The van der Waals surface area contributed by atoms with Crippen LogP contribution in [0.2, 0.25) is 0 Å². The Balaban J connectivity index is 2.83. The third-order valence-corrected chi connectivity index (χ3v) is 1.46. The molecule has 12 heavy (non-hydrogen) atoms. The number of aromatic nitrogens is 1. The van der Waals surface area contributed by atoms with Crippen LogP contribution in [0.4, 0.5) is 4.39 Å². The first-order chi connectivity index (χ1) is 5.49. The van der Waals surface area contributed by atoms with Gasteiger partial charge in [0.25, 0.3) is 0 Å². The number of hydrogen-bond acceptors (Lipinski definition) is 2. The first kappa shape index (κ1) is 9.13. The molecule has 0 aliphatic rings. The van der Waals surface area contributed by atoms with Crippen LogP contribution in [0.3, 0.4) is 0 Å². The second-order valence-electron chi connectivity index (χ2n) is 3.60. The summed E-state index contributed by atoms with van der Waals surface area (Å²) in [4.78, 5) is 3.91. The van der Waals surface area contributed by atoms with Crippen molar-refractivity contribution in [2.45, 2.75) is 25.8 Å². The minimum atomic E-state index is -0.408. The number of nitrogens with zero attached hydrogens (tertiary/aromatic N) is 1. The lowest BCUT2D eigenvalue weighted by molar-refractivity contribution is 0.487. The molecule has 1 rings (SSSR count). The predicted molar refractivity (Wildman–Crippen MR) is 46.2 cm³/mol. The van der Waals surface area contributed by atoms with Crippen molar-refractivity contribution in [2.75, 3.05) is 0 Å². The smallest absolute Gasteiger partial charge is 0.144 e. The van der Waals surface area contributed by atoms with Gasteiger partial charge in [-0.05, 0) is 26.0 Å². The largest absolute Gasteiger partial charge is 0.325 e. The first-order valence-electron chi connectivity index (χ1n) is 3.87. The Morgan fingerprint density at radius 1 is 1.58 bits per heavy atom. The summed E-state index contributed by atoms with van der Waals surface area (Å²) in [5.41, 5.74) is 5.76. The number of hydrogen-bond donors (Lipinski definition) is 1. The summed E-state index contributed by atoms with van der Waals surface area (Å²) in [6.45, 7) is 3.70. The van der Waals surface area contributed by atoms with Crippen molar-refractivity contribution >= 4 is 0 Å². The molecule has 0 saturated heterocycles. The second-order valence-corrected chi connectivity index (χ2v) is 3.60. The van der Waals surface area contributed by atoms with Gasteiger partial charge in [0.15, 0.2) is 0 Å². The maximum absolute atomic E-state index is 13.0. The average molecular weight is 168 g/mol. The molecule has 66 valence electrons. The molecular weight excluding hydrogens is 155 g/mol. The number of pyridine rings is 1. The number of nitrogens with two attached hydrogens (primary N) is 1. The lowest BCUT2D eigenvalue weighted by Gasteiger charge is -2.17. The van der Waals surface area contributed by atoms with Crippen LogP contribution in [-0.4, -0.2) is 10.5 Å². The Bertz CT molecular complexity index is 265. The van der Waals surface area contributed by atoms with Crippen molar-refractivity contribution in [3.8, 4) is 0 Å². The molecule has 0 aliphatic carbocycles. The monoisotopic (exact) mass is 168 g/mol. The maximum Gasteiger partial charge on any atom is 0.144 e. The summed E-state index contributed by atoms with van der Waals surface area (Å²) in [6, 6.07) is 2.97. The molecule has 0 aromatic carbocycles. The van der Waals surface area contributed by atoms with Crippen LogP contribution in [0.25, 0.3) is 0 Å². The van der Waals surface area contributed by atoms with Crippen molar-refractivity contribution < 1.29 is 4.39 Å². The third kappa shape index (κ3) is 2.58. The standard InChI is InChI=1S/C9H13FN2/c1-9(2,11)6-8-7(10)4-3-5-12-8/h3-5H,6,11H2,1-2H3. The molecule has 1 heterocycles. The zero-order valence-corrected chi connectivity index (χ0v) is 7.34. The van der Waals surface area contributed by atoms with Gasteiger partial charge in [0.05, 0.1) is 5.69 Å². The Morgan fingerprint density at radius 2 is 2.25 bits per heavy atom. The van der Waals surface area contributed by atoms with Gasteiger partial charge in [-0.3, -0.25) is 4.98 Å². The van der Waals surface area contributed by atoms with Gasteiger partial charge in [-0.25, -0.2) is 4.39 Å². The fourth-order valence-corrected chi connectivity index (χ4v) is 0.980. The van der Waals surface area contributed by atoms with Crippen molar-refractivity contribution in [1.29, 1.82) is 0 Å². The van der Waals surface area contributed by atoms with E-state index in [-0.39, 0.29) is 5.82 Å². The minimum Gasteiger partial charge on any atom is -0.325 e. The van der Waals surface area contributed by atoms with Gasteiger partial charge in [-0.15, -0.1) is 0 Å². The van der Waals surface area contributed by atoms with Crippen LogP contribution in [0, 0.1) is 5.82 Å². The molecule has 0 saturated carbocycles. The lowest BCUT2D eigenvalue weighted by atomic mass is 9.99. The van der Waals surface area contributed by atoms with E-state index in [9.17, 15) is 4.39 Å². The Kier molecular flexibility index (Phi) is 2.43. The molecule has 0 fully saturated rings. The SMILES string of the molecule is CC(C)(N)Cc1ncccc1F. The van der Waals surface area contributed by atoms with E-state index in [0.29, 0.717) is 12.1 Å². The Labute approximate surface area is 71.6 Å². The third-order valence-electron chi connectivity index (χ3n) is 1.46. The average Bonchev–Trinajstić information content (AvgIpc) is 1.91. The van der Waals surface area contributed by atoms with Gasteiger partial charge >= 0.3 is 0 Å². The summed E-state index contributed by atoms with van der Waals surface area (Å²) in [7, 11) is 0. The quantitative estimate of drug-likeness (QED) is 0.726. The first-order valence-corrected chi connectivity index (χ1v) is 3.87. The van der Waals surface area contributed by atoms with Crippen molar-refractivity contribution in [3.63, 3.8) is 0 Å². The zero-order valence-electron chi connectivity index (χ0n) is 7.34. The van der Waals surface area contributed by atoms with E-state index in [2.05, 4.69) is 4.98 Å². The highest BCUT2D eigenvalue weighted by atomic mass is 19.1. The topological polar surface area (TPSA) is 38.9 Å². The highest BCUT2D eigenvalue weighted by Gasteiger charge is 2.14. The number of halogens is 1. The summed E-state index contributed by atoms with van der Waals surface area (Å²) in [6.07, 6.45) is 2.03. The molecule has 2 nitrogen and oxygen atoms in total. The molecule has 0 aliphatic heterocycles. The van der Waals surface area contributed by atoms with Gasteiger partial charge in [0.2, 0.25) is 0 Å². The Morgan fingerprint density at radius 3 is 2.75 bits per heavy atom. The summed E-state index contributed by atoms with van der Waals surface area (Å²) >= 11 is 0. The van der Waals surface area contributed by atoms with Gasteiger partial charge < -0.3 is 5.73 Å². The zero-order chi connectivity index (χ0) is 9.19.